The van der Waals surface area contributed by atoms with Crippen molar-refractivity contribution in [2.75, 3.05) is 0 Å². The highest BCUT2D eigenvalue weighted by Gasteiger charge is 2.25. The lowest BCUT2D eigenvalue weighted by Gasteiger charge is -2.32. The SMILES string of the molecule is CC1CC(C)CC(NC(=O)c2cccc(CCl)c2)C1. The summed E-state index contributed by atoms with van der Waals surface area (Å²) in [6.07, 6.45) is 3.45. The predicted molar refractivity (Wildman–Crippen MR) is 79.4 cm³/mol. The summed E-state index contributed by atoms with van der Waals surface area (Å²) in [5, 5.41) is 3.17. The minimum absolute atomic E-state index is 0.0262. The molecule has 0 aliphatic heterocycles. The lowest BCUT2D eigenvalue weighted by atomic mass is 9.80. The van der Waals surface area contributed by atoms with Gasteiger partial charge in [0, 0.05) is 17.5 Å². The molecule has 1 N–H and O–H groups in total. The summed E-state index contributed by atoms with van der Waals surface area (Å²) in [6, 6.07) is 7.86. The van der Waals surface area contributed by atoms with Gasteiger partial charge in [0.1, 0.15) is 0 Å². The Bertz CT molecular complexity index is 436. The van der Waals surface area contributed by atoms with E-state index in [0.717, 1.165) is 18.4 Å². The van der Waals surface area contributed by atoms with E-state index < -0.39 is 0 Å². The molecule has 1 amide bonds. The maximum absolute atomic E-state index is 12.2. The van der Waals surface area contributed by atoms with E-state index in [2.05, 4.69) is 19.2 Å². The summed E-state index contributed by atoms with van der Waals surface area (Å²) in [5.74, 6) is 1.86. The molecule has 1 fully saturated rings. The Labute approximate surface area is 120 Å². The number of rotatable bonds is 3. The number of nitrogens with one attached hydrogen (secondary N) is 1. The van der Waals surface area contributed by atoms with Crippen molar-refractivity contribution in [1.29, 1.82) is 0 Å². The van der Waals surface area contributed by atoms with Gasteiger partial charge in [-0.2, -0.15) is 0 Å². The first-order chi connectivity index (χ1) is 9.08. The molecule has 1 aliphatic rings. The van der Waals surface area contributed by atoms with E-state index in [1.165, 1.54) is 6.42 Å². The summed E-state index contributed by atoms with van der Waals surface area (Å²) < 4.78 is 0. The van der Waals surface area contributed by atoms with Crippen LogP contribution in [0.2, 0.25) is 0 Å². The third kappa shape index (κ3) is 3.97. The van der Waals surface area contributed by atoms with E-state index >= 15 is 0 Å². The van der Waals surface area contributed by atoms with Crippen molar-refractivity contribution >= 4 is 17.5 Å². The fourth-order valence-electron chi connectivity index (χ4n) is 3.13. The molecule has 1 aromatic rings. The Morgan fingerprint density at radius 2 is 1.95 bits per heavy atom. The predicted octanol–water partition coefficient (Wildman–Crippen LogP) is 3.98. The second-order valence-corrected chi connectivity index (χ2v) is 6.19. The molecular weight excluding hydrogens is 258 g/mol. The topological polar surface area (TPSA) is 29.1 Å². The van der Waals surface area contributed by atoms with Gasteiger partial charge in [-0.25, -0.2) is 0 Å². The van der Waals surface area contributed by atoms with Crippen LogP contribution < -0.4 is 5.32 Å². The molecule has 3 heteroatoms. The largest absolute Gasteiger partial charge is 0.349 e. The molecule has 1 saturated carbocycles. The van der Waals surface area contributed by atoms with Crippen LogP contribution in [0.15, 0.2) is 24.3 Å². The standard InChI is InChI=1S/C16H22ClNO/c1-11-6-12(2)8-15(7-11)18-16(19)14-5-3-4-13(9-14)10-17/h3-5,9,11-12,15H,6-8,10H2,1-2H3,(H,18,19). The first kappa shape index (κ1) is 14.4. The quantitative estimate of drug-likeness (QED) is 0.833. The van der Waals surface area contributed by atoms with Crippen molar-refractivity contribution in [2.24, 2.45) is 11.8 Å². The molecule has 1 aromatic carbocycles. The summed E-state index contributed by atoms with van der Waals surface area (Å²) in [4.78, 5) is 12.2. The fourth-order valence-corrected chi connectivity index (χ4v) is 3.30. The van der Waals surface area contributed by atoms with Gasteiger partial charge in [-0.15, -0.1) is 11.6 Å². The van der Waals surface area contributed by atoms with Crippen molar-refractivity contribution in [3.05, 3.63) is 35.4 Å². The number of alkyl halides is 1. The molecule has 0 bridgehead atoms. The lowest BCUT2D eigenvalue weighted by molar-refractivity contribution is 0.0911. The van der Waals surface area contributed by atoms with Crippen LogP contribution in [-0.2, 0) is 5.88 Å². The van der Waals surface area contributed by atoms with Crippen LogP contribution in [-0.4, -0.2) is 11.9 Å². The van der Waals surface area contributed by atoms with E-state index in [1.807, 2.05) is 24.3 Å². The molecule has 2 atom stereocenters. The number of halogens is 1. The molecule has 1 aliphatic carbocycles. The average Bonchev–Trinajstić information content (AvgIpc) is 2.37. The zero-order valence-corrected chi connectivity index (χ0v) is 12.4. The van der Waals surface area contributed by atoms with Crippen molar-refractivity contribution in [2.45, 2.75) is 45.0 Å². The molecule has 19 heavy (non-hydrogen) atoms. The van der Waals surface area contributed by atoms with E-state index in [1.54, 1.807) is 0 Å². The molecule has 0 aromatic heterocycles. The van der Waals surface area contributed by atoms with Gasteiger partial charge < -0.3 is 5.32 Å². The third-order valence-corrected chi connectivity index (χ3v) is 4.17. The minimum Gasteiger partial charge on any atom is -0.349 e. The van der Waals surface area contributed by atoms with Gasteiger partial charge in [0.05, 0.1) is 0 Å². The van der Waals surface area contributed by atoms with E-state index in [-0.39, 0.29) is 5.91 Å². The zero-order valence-electron chi connectivity index (χ0n) is 11.7. The van der Waals surface area contributed by atoms with Crippen LogP contribution in [0.1, 0.15) is 49.0 Å². The summed E-state index contributed by atoms with van der Waals surface area (Å²) >= 11 is 5.80. The van der Waals surface area contributed by atoms with Gasteiger partial charge in [-0.05, 0) is 48.8 Å². The normalized spacial score (nSPS) is 27.0. The highest BCUT2D eigenvalue weighted by Crippen LogP contribution is 2.28. The number of hydrogen-bond acceptors (Lipinski definition) is 1. The highest BCUT2D eigenvalue weighted by molar-refractivity contribution is 6.17. The molecular formula is C16H22ClNO. The molecule has 0 saturated heterocycles. The van der Waals surface area contributed by atoms with E-state index in [9.17, 15) is 4.79 Å². The van der Waals surface area contributed by atoms with Gasteiger partial charge in [-0.3, -0.25) is 4.79 Å². The fraction of sp³-hybridized carbons (Fsp3) is 0.562. The zero-order chi connectivity index (χ0) is 13.8. The maximum Gasteiger partial charge on any atom is 0.251 e. The van der Waals surface area contributed by atoms with Crippen LogP contribution in [0.3, 0.4) is 0 Å². The Balaban J connectivity index is 2.00. The van der Waals surface area contributed by atoms with Crippen LogP contribution in [0.5, 0.6) is 0 Å². The first-order valence-electron chi connectivity index (χ1n) is 7.04. The number of benzene rings is 1. The Morgan fingerprint density at radius 1 is 1.26 bits per heavy atom. The third-order valence-electron chi connectivity index (χ3n) is 3.86. The van der Waals surface area contributed by atoms with Gasteiger partial charge in [0.25, 0.3) is 5.91 Å². The number of carbonyl (C=O) groups is 1. The second-order valence-electron chi connectivity index (χ2n) is 5.92. The lowest BCUT2D eigenvalue weighted by Crippen LogP contribution is -2.40. The summed E-state index contributed by atoms with van der Waals surface area (Å²) in [6.45, 7) is 4.53. The van der Waals surface area contributed by atoms with Gasteiger partial charge in [-0.1, -0.05) is 26.0 Å². The van der Waals surface area contributed by atoms with Crippen LogP contribution in [0, 0.1) is 11.8 Å². The van der Waals surface area contributed by atoms with E-state index in [4.69, 9.17) is 11.6 Å². The Kier molecular flexibility index (Phi) is 4.87. The van der Waals surface area contributed by atoms with E-state index in [0.29, 0.717) is 29.3 Å². The van der Waals surface area contributed by atoms with Crippen molar-refractivity contribution < 1.29 is 4.79 Å². The van der Waals surface area contributed by atoms with Gasteiger partial charge >= 0.3 is 0 Å². The Morgan fingerprint density at radius 3 is 2.58 bits per heavy atom. The molecule has 0 radical (unpaired) electrons. The highest BCUT2D eigenvalue weighted by atomic mass is 35.5. The van der Waals surface area contributed by atoms with Crippen LogP contribution >= 0.6 is 11.6 Å². The number of amides is 1. The summed E-state index contributed by atoms with van der Waals surface area (Å²) in [7, 11) is 0. The van der Waals surface area contributed by atoms with Crippen LogP contribution in [0.4, 0.5) is 0 Å². The van der Waals surface area contributed by atoms with Gasteiger partial charge in [0.2, 0.25) is 0 Å². The molecule has 2 unspecified atom stereocenters. The second kappa shape index (κ2) is 6.42. The minimum atomic E-state index is 0.0262. The maximum atomic E-state index is 12.2. The Hall–Kier alpha value is -1.02. The van der Waals surface area contributed by atoms with Gasteiger partial charge in [0.15, 0.2) is 0 Å². The number of hydrogen-bond donors (Lipinski definition) is 1. The molecule has 0 heterocycles. The monoisotopic (exact) mass is 279 g/mol. The van der Waals surface area contributed by atoms with Crippen molar-refractivity contribution in [3.8, 4) is 0 Å². The van der Waals surface area contributed by atoms with Crippen molar-refractivity contribution in [1.82, 2.24) is 5.32 Å². The van der Waals surface area contributed by atoms with Crippen LogP contribution in [0.25, 0.3) is 0 Å². The molecule has 2 rings (SSSR count). The first-order valence-corrected chi connectivity index (χ1v) is 7.57. The molecule has 0 spiro atoms. The van der Waals surface area contributed by atoms with Crippen molar-refractivity contribution in [3.63, 3.8) is 0 Å². The smallest absolute Gasteiger partial charge is 0.251 e. The summed E-state index contributed by atoms with van der Waals surface area (Å²) in [5.41, 5.74) is 1.70. The molecule has 2 nitrogen and oxygen atoms in total. The average molecular weight is 280 g/mol. The molecule has 104 valence electrons. The number of carbonyl (C=O) groups excluding carboxylic acids is 1.